The summed E-state index contributed by atoms with van der Waals surface area (Å²) in [6.07, 6.45) is -4.58. The van der Waals surface area contributed by atoms with Crippen LogP contribution in [0.2, 0.25) is 0 Å². The summed E-state index contributed by atoms with van der Waals surface area (Å²) < 4.78 is 47.3. The lowest BCUT2D eigenvalue weighted by atomic mass is 10.1. The van der Waals surface area contributed by atoms with Crippen LogP contribution in [0, 0.1) is 6.92 Å². The van der Waals surface area contributed by atoms with E-state index >= 15 is 0 Å². The standard InChI is InChI=1S/C23H18F3N3O2/c1-3-31-22(30)16-13-18(15-9-5-4-6-10-15)27-21-20(16)14(2)28-29(21)19-12-8-7-11-17(19)23(24,25)26/h4-13H,3H2,1-2H3. The summed E-state index contributed by atoms with van der Waals surface area (Å²) in [4.78, 5) is 17.3. The second-order valence-corrected chi connectivity index (χ2v) is 6.85. The molecular formula is C23H18F3N3O2. The second kappa shape index (κ2) is 7.86. The third-order valence-electron chi connectivity index (χ3n) is 4.82. The van der Waals surface area contributed by atoms with Gasteiger partial charge in [-0.2, -0.15) is 18.3 Å². The monoisotopic (exact) mass is 425 g/mol. The number of esters is 1. The molecule has 0 unspecified atom stereocenters. The highest BCUT2D eigenvalue weighted by Gasteiger charge is 2.35. The lowest BCUT2D eigenvalue weighted by Crippen LogP contribution is -2.12. The van der Waals surface area contributed by atoms with E-state index in [-0.39, 0.29) is 23.5 Å². The molecule has 2 aromatic carbocycles. The number of alkyl halides is 3. The maximum Gasteiger partial charge on any atom is 0.418 e. The predicted molar refractivity (Wildman–Crippen MR) is 110 cm³/mol. The van der Waals surface area contributed by atoms with E-state index in [1.807, 2.05) is 18.2 Å². The topological polar surface area (TPSA) is 57.0 Å². The highest BCUT2D eigenvalue weighted by atomic mass is 19.4. The molecule has 0 N–H and O–H groups in total. The molecule has 0 bridgehead atoms. The molecule has 8 heteroatoms. The number of aryl methyl sites for hydroxylation is 1. The molecule has 0 atom stereocenters. The molecule has 2 aromatic heterocycles. The summed E-state index contributed by atoms with van der Waals surface area (Å²) >= 11 is 0. The maximum atomic E-state index is 13.7. The van der Waals surface area contributed by atoms with Gasteiger partial charge in [-0.3, -0.25) is 0 Å². The van der Waals surface area contributed by atoms with Gasteiger partial charge in [0, 0.05) is 5.56 Å². The first kappa shape index (κ1) is 20.6. The number of halogens is 3. The lowest BCUT2D eigenvalue weighted by Gasteiger charge is -2.13. The second-order valence-electron chi connectivity index (χ2n) is 6.85. The van der Waals surface area contributed by atoms with Gasteiger partial charge in [-0.1, -0.05) is 42.5 Å². The molecule has 5 nitrogen and oxygen atoms in total. The van der Waals surface area contributed by atoms with Gasteiger partial charge in [-0.25, -0.2) is 14.5 Å². The molecule has 0 saturated carbocycles. The fourth-order valence-electron chi connectivity index (χ4n) is 3.48. The molecule has 0 spiro atoms. The molecule has 0 saturated heterocycles. The molecule has 158 valence electrons. The Kier molecular flexibility index (Phi) is 5.22. The van der Waals surface area contributed by atoms with Crippen molar-refractivity contribution in [2.75, 3.05) is 6.61 Å². The molecule has 0 aliphatic carbocycles. The van der Waals surface area contributed by atoms with Crippen molar-refractivity contribution in [3.63, 3.8) is 0 Å². The van der Waals surface area contributed by atoms with Gasteiger partial charge in [0.25, 0.3) is 0 Å². The minimum Gasteiger partial charge on any atom is -0.462 e. The van der Waals surface area contributed by atoms with E-state index < -0.39 is 17.7 Å². The van der Waals surface area contributed by atoms with Crippen molar-refractivity contribution in [2.45, 2.75) is 20.0 Å². The number of hydrogen-bond acceptors (Lipinski definition) is 4. The Balaban J connectivity index is 2.06. The van der Waals surface area contributed by atoms with Gasteiger partial charge >= 0.3 is 12.1 Å². The SMILES string of the molecule is CCOC(=O)c1cc(-c2ccccc2)nc2c1c(C)nn2-c1ccccc1C(F)(F)F. The Labute approximate surface area is 176 Å². The van der Waals surface area contributed by atoms with Crippen molar-refractivity contribution >= 4 is 17.0 Å². The van der Waals surface area contributed by atoms with Crippen LogP contribution in [-0.4, -0.2) is 27.3 Å². The fourth-order valence-corrected chi connectivity index (χ4v) is 3.48. The van der Waals surface area contributed by atoms with E-state index in [1.165, 1.54) is 18.2 Å². The van der Waals surface area contributed by atoms with Gasteiger partial charge in [-0.05, 0) is 32.0 Å². The third-order valence-corrected chi connectivity index (χ3v) is 4.82. The van der Waals surface area contributed by atoms with Gasteiger partial charge in [-0.15, -0.1) is 0 Å². The molecule has 4 aromatic rings. The average molecular weight is 425 g/mol. The molecule has 31 heavy (non-hydrogen) atoms. The highest BCUT2D eigenvalue weighted by Crippen LogP contribution is 2.36. The van der Waals surface area contributed by atoms with Crippen molar-refractivity contribution in [3.8, 4) is 16.9 Å². The molecule has 2 heterocycles. The number of benzene rings is 2. The number of ether oxygens (including phenoxy) is 1. The Bertz CT molecular complexity index is 1260. The number of nitrogens with zero attached hydrogens (tertiary/aromatic N) is 3. The maximum absolute atomic E-state index is 13.7. The molecule has 0 fully saturated rings. The number of hydrogen-bond donors (Lipinski definition) is 0. The fraction of sp³-hybridized carbons (Fsp3) is 0.174. The number of aromatic nitrogens is 3. The number of fused-ring (bicyclic) bond motifs is 1. The Morgan fingerprint density at radius 3 is 2.42 bits per heavy atom. The van der Waals surface area contributed by atoms with Crippen LogP contribution < -0.4 is 0 Å². The predicted octanol–water partition coefficient (Wildman–Crippen LogP) is 5.59. The van der Waals surface area contributed by atoms with Crippen LogP contribution >= 0.6 is 0 Å². The van der Waals surface area contributed by atoms with Crippen LogP contribution in [-0.2, 0) is 10.9 Å². The molecule has 0 radical (unpaired) electrons. The Morgan fingerprint density at radius 2 is 1.74 bits per heavy atom. The molecule has 0 aliphatic rings. The van der Waals surface area contributed by atoms with Crippen molar-refractivity contribution in [1.29, 1.82) is 0 Å². The van der Waals surface area contributed by atoms with Crippen molar-refractivity contribution in [2.24, 2.45) is 0 Å². The molecule has 0 amide bonds. The number of rotatable bonds is 4. The first-order valence-electron chi connectivity index (χ1n) is 9.60. The summed E-state index contributed by atoms with van der Waals surface area (Å²) in [6.45, 7) is 3.47. The molecular weight excluding hydrogens is 407 g/mol. The van der Waals surface area contributed by atoms with Crippen LogP contribution in [0.1, 0.15) is 28.5 Å². The van der Waals surface area contributed by atoms with E-state index in [2.05, 4.69) is 10.1 Å². The van der Waals surface area contributed by atoms with Crippen molar-refractivity contribution in [1.82, 2.24) is 14.8 Å². The average Bonchev–Trinajstić information content (AvgIpc) is 3.10. The van der Waals surface area contributed by atoms with Crippen LogP contribution in [0.25, 0.3) is 28.0 Å². The normalized spacial score (nSPS) is 11.6. The first-order chi connectivity index (χ1) is 14.8. The van der Waals surface area contributed by atoms with E-state index in [0.717, 1.165) is 10.7 Å². The van der Waals surface area contributed by atoms with Gasteiger partial charge in [0.2, 0.25) is 0 Å². The van der Waals surface area contributed by atoms with Crippen molar-refractivity contribution in [3.05, 3.63) is 77.5 Å². The summed E-state index contributed by atoms with van der Waals surface area (Å²) in [5.41, 5.74) is 0.871. The van der Waals surface area contributed by atoms with Gasteiger partial charge in [0.05, 0.1) is 40.2 Å². The van der Waals surface area contributed by atoms with E-state index in [4.69, 9.17) is 4.74 Å². The van der Waals surface area contributed by atoms with Crippen LogP contribution in [0.15, 0.2) is 60.7 Å². The zero-order valence-electron chi connectivity index (χ0n) is 16.8. The molecule has 0 aliphatic heterocycles. The first-order valence-corrected chi connectivity index (χ1v) is 9.60. The summed E-state index contributed by atoms with van der Waals surface area (Å²) in [6, 6.07) is 15.8. The highest BCUT2D eigenvalue weighted by molar-refractivity contribution is 6.05. The molecule has 4 rings (SSSR count). The number of carbonyl (C=O) groups is 1. The number of carbonyl (C=O) groups excluding carboxylic acids is 1. The quantitative estimate of drug-likeness (QED) is 0.400. The summed E-state index contributed by atoms with van der Waals surface area (Å²) in [5.74, 6) is -0.584. The van der Waals surface area contributed by atoms with Gasteiger partial charge in [0.1, 0.15) is 0 Å². The van der Waals surface area contributed by atoms with Crippen LogP contribution in [0.4, 0.5) is 13.2 Å². The number of para-hydroxylation sites is 1. The van der Waals surface area contributed by atoms with E-state index in [1.54, 1.807) is 32.0 Å². The van der Waals surface area contributed by atoms with Crippen molar-refractivity contribution < 1.29 is 22.7 Å². The van der Waals surface area contributed by atoms with Gasteiger partial charge in [0.15, 0.2) is 5.65 Å². The van der Waals surface area contributed by atoms with E-state index in [9.17, 15) is 18.0 Å². The zero-order chi connectivity index (χ0) is 22.2. The Morgan fingerprint density at radius 1 is 1.06 bits per heavy atom. The summed E-state index contributed by atoms with van der Waals surface area (Å²) in [7, 11) is 0. The minimum absolute atomic E-state index is 0.151. The summed E-state index contributed by atoms with van der Waals surface area (Å²) in [5, 5.41) is 4.68. The van der Waals surface area contributed by atoms with E-state index in [0.29, 0.717) is 22.3 Å². The smallest absolute Gasteiger partial charge is 0.418 e. The van der Waals surface area contributed by atoms with Crippen LogP contribution in [0.3, 0.4) is 0 Å². The Hall–Kier alpha value is -3.68. The zero-order valence-corrected chi connectivity index (χ0v) is 16.8. The minimum atomic E-state index is -4.58. The number of pyridine rings is 1. The van der Waals surface area contributed by atoms with Crippen LogP contribution in [0.5, 0.6) is 0 Å². The lowest BCUT2D eigenvalue weighted by molar-refractivity contribution is -0.137. The third kappa shape index (κ3) is 3.76. The van der Waals surface area contributed by atoms with Gasteiger partial charge < -0.3 is 4.74 Å². The largest absolute Gasteiger partial charge is 0.462 e.